The first-order valence-corrected chi connectivity index (χ1v) is 15.7. The van der Waals surface area contributed by atoms with Crippen LogP contribution in [-0.2, 0) is 4.57 Å². The molecular formula is C38H25N2OP. The Morgan fingerprint density at radius 1 is 0.452 bits per heavy atom. The summed E-state index contributed by atoms with van der Waals surface area (Å²) in [6.07, 6.45) is 3.67. The number of hydrogen-bond acceptors (Lipinski definition) is 3. The van der Waals surface area contributed by atoms with Gasteiger partial charge in [0.25, 0.3) is 0 Å². The summed E-state index contributed by atoms with van der Waals surface area (Å²) in [6, 6.07) is 47.2. The molecule has 6 aromatic carbocycles. The summed E-state index contributed by atoms with van der Waals surface area (Å²) in [5, 5.41) is 9.05. The maximum absolute atomic E-state index is 15.3. The molecule has 4 heteroatoms. The Morgan fingerprint density at radius 2 is 1.12 bits per heavy atom. The first kappa shape index (κ1) is 24.7. The van der Waals surface area contributed by atoms with Crippen molar-refractivity contribution >= 4 is 66.4 Å². The lowest BCUT2D eigenvalue weighted by Gasteiger charge is -2.21. The van der Waals surface area contributed by atoms with Crippen molar-refractivity contribution in [3.63, 3.8) is 0 Å². The van der Waals surface area contributed by atoms with Crippen molar-refractivity contribution in [2.45, 2.75) is 0 Å². The molecule has 0 saturated heterocycles. The summed E-state index contributed by atoms with van der Waals surface area (Å²) in [5.41, 5.74) is 4.05. The van der Waals surface area contributed by atoms with Gasteiger partial charge >= 0.3 is 0 Å². The monoisotopic (exact) mass is 556 g/mol. The predicted octanol–water partition coefficient (Wildman–Crippen LogP) is 8.40. The minimum Gasteiger partial charge on any atom is -0.309 e. The maximum Gasteiger partial charge on any atom is 0.171 e. The van der Waals surface area contributed by atoms with E-state index in [0.29, 0.717) is 0 Å². The molecule has 0 bridgehead atoms. The van der Waals surface area contributed by atoms with Crippen LogP contribution in [0, 0.1) is 0 Å². The predicted molar refractivity (Wildman–Crippen MR) is 177 cm³/mol. The van der Waals surface area contributed by atoms with Crippen LogP contribution in [-0.4, -0.2) is 9.97 Å². The first-order valence-electron chi connectivity index (χ1n) is 14.0. The molecule has 0 aliphatic rings. The van der Waals surface area contributed by atoms with E-state index in [-0.39, 0.29) is 0 Å². The van der Waals surface area contributed by atoms with E-state index in [1.807, 2.05) is 85.2 Å². The van der Waals surface area contributed by atoms with Crippen molar-refractivity contribution in [3.8, 4) is 11.1 Å². The van der Waals surface area contributed by atoms with E-state index in [9.17, 15) is 0 Å². The first-order chi connectivity index (χ1) is 20.7. The van der Waals surface area contributed by atoms with Crippen molar-refractivity contribution in [1.29, 1.82) is 0 Å². The van der Waals surface area contributed by atoms with Crippen molar-refractivity contribution in [3.05, 3.63) is 152 Å². The van der Waals surface area contributed by atoms with Crippen LogP contribution in [0.1, 0.15) is 0 Å². The van der Waals surface area contributed by atoms with Crippen LogP contribution < -0.4 is 15.9 Å². The summed E-state index contributed by atoms with van der Waals surface area (Å²) >= 11 is 0. The van der Waals surface area contributed by atoms with Gasteiger partial charge in [-0.1, -0.05) is 115 Å². The second kappa shape index (κ2) is 9.76. The van der Waals surface area contributed by atoms with Gasteiger partial charge in [0.15, 0.2) is 7.14 Å². The molecule has 8 rings (SSSR count). The molecule has 0 spiro atoms. The van der Waals surface area contributed by atoms with Crippen LogP contribution in [0.4, 0.5) is 0 Å². The molecule has 2 aromatic heterocycles. The molecule has 0 aliphatic heterocycles. The lowest BCUT2D eigenvalue weighted by molar-refractivity contribution is 0.592. The van der Waals surface area contributed by atoms with Gasteiger partial charge in [0.2, 0.25) is 0 Å². The standard InChI is InChI=1S/C38H25N2OP/c41-42(30-11-2-1-3-12-30,32-20-14-26-8-4-5-9-29(26)24-32)31-18-15-27(16-19-31)37-33-21-17-28-10-6-23-40-38(28)35(33)25-36-34(37)13-7-22-39-36/h1-25H. The Morgan fingerprint density at radius 3 is 1.98 bits per heavy atom. The normalized spacial score (nSPS) is 13.0. The Balaban J connectivity index is 1.35. The van der Waals surface area contributed by atoms with Gasteiger partial charge in [-0.15, -0.1) is 0 Å². The summed E-state index contributed by atoms with van der Waals surface area (Å²) in [6.45, 7) is 0. The van der Waals surface area contributed by atoms with Gasteiger partial charge in [0.1, 0.15) is 0 Å². The van der Waals surface area contributed by atoms with Gasteiger partial charge in [0, 0.05) is 44.5 Å². The van der Waals surface area contributed by atoms with Gasteiger partial charge in [-0.25, -0.2) is 0 Å². The third-order valence-electron chi connectivity index (χ3n) is 8.21. The fourth-order valence-electron chi connectivity index (χ4n) is 6.16. The molecule has 8 aromatic rings. The van der Waals surface area contributed by atoms with E-state index in [0.717, 1.165) is 70.4 Å². The van der Waals surface area contributed by atoms with Gasteiger partial charge in [-0.3, -0.25) is 9.97 Å². The highest BCUT2D eigenvalue weighted by molar-refractivity contribution is 7.85. The summed E-state index contributed by atoms with van der Waals surface area (Å²) in [5.74, 6) is 0. The van der Waals surface area contributed by atoms with Crippen LogP contribution in [0.2, 0.25) is 0 Å². The van der Waals surface area contributed by atoms with E-state index >= 15 is 4.57 Å². The molecule has 198 valence electrons. The number of nitrogens with zero attached hydrogens (tertiary/aromatic N) is 2. The number of benzene rings is 6. The third kappa shape index (κ3) is 3.86. The topological polar surface area (TPSA) is 42.9 Å². The molecule has 0 radical (unpaired) electrons. The van der Waals surface area contributed by atoms with E-state index in [2.05, 4.69) is 66.7 Å². The number of pyridine rings is 2. The fourth-order valence-corrected chi connectivity index (χ4v) is 8.83. The van der Waals surface area contributed by atoms with Gasteiger partial charge < -0.3 is 4.57 Å². The maximum atomic E-state index is 15.3. The van der Waals surface area contributed by atoms with Crippen LogP contribution in [0.3, 0.4) is 0 Å². The average Bonchev–Trinajstić information content (AvgIpc) is 3.07. The lowest BCUT2D eigenvalue weighted by atomic mass is 9.92. The van der Waals surface area contributed by atoms with Gasteiger partial charge in [-0.05, 0) is 51.6 Å². The molecule has 0 aliphatic carbocycles. The zero-order chi connectivity index (χ0) is 28.1. The minimum absolute atomic E-state index is 0.808. The molecule has 1 atom stereocenters. The van der Waals surface area contributed by atoms with Crippen LogP contribution in [0.15, 0.2) is 152 Å². The molecule has 1 unspecified atom stereocenters. The molecule has 3 nitrogen and oxygen atoms in total. The highest BCUT2D eigenvalue weighted by Gasteiger charge is 2.30. The fraction of sp³-hybridized carbons (Fsp3) is 0. The smallest absolute Gasteiger partial charge is 0.171 e. The van der Waals surface area contributed by atoms with Crippen molar-refractivity contribution < 1.29 is 4.57 Å². The van der Waals surface area contributed by atoms with Gasteiger partial charge in [-0.2, -0.15) is 0 Å². The lowest BCUT2D eigenvalue weighted by Crippen LogP contribution is -2.25. The molecule has 0 saturated carbocycles. The Hall–Kier alpha value is -5.11. The summed E-state index contributed by atoms with van der Waals surface area (Å²) < 4.78 is 15.3. The van der Waals surface area contributed by atoms with E-state index in [4.69, 9.17) is 9.97 Å². The molecule has 2 heterocycles. The van der Waals surface area contributed by atoms with Gasteiger partial charge in [0.05, 0.1) is 11.0 Å². The van der Waals surface area contributed by atoms with E-state index in [1.54, 1.807) is 0 Å². The van der Waals surface area contributed by atoms with Crippen LogP contribution in [0.25, 0.3) is 54.5 Å². The Kier molecular flexibility index (Phi) is 5.73. The van der Waals surface area contributed by atoms with Crippen molar-refractivity contribution in [2.24, 2.45) is 0 Å². The van der Waals surface area contributed by atoms with E-state index in [1.165, 1.54) is 0 Å². The highest BCUT2D eigenvalue weighted by atomic mass is 31.2. The van der Waals surface area contributed by atoms with Crippen LogP contribution in [0.5, 0.6) is 0 Å². The van der Waals surface area contributed by atoms with Crippen molar-refractivity contribution in [1.82, 2.24) is 9.97 Å². The molecule has 0 fully saturated rings. The zero-order valence-electron chi connectivity index (χ0n) is 22.7. The number of aromatic nitrogens is 2. The van der Waals surface area contributed by atoms with Crippen molar-refractivity contribution in [2.75, 3.05) is 0 Å². The SMILES string of the molecule is O=P(c1ccccc1)(c1ccc(-c2c3cccnc3cc3c2ccc2cccnc23)cc1)c1ccc2ccccc2c1. The minimum atomic E-state index is -3.14. The van der Waals surface area contributed by atoms with E-state index < -0.39 is 7.14 Å². The number of rotatable bonds is 4. The van der Waals surface area contributed by atoms with Crippen LogP contribution >= 0.6 is 7.14 Å². The highest BCUT2D eigenvalue weighted by Crippen LogP contribution is 2.44. The number of fused-ring (bicyclic) bond motifs is 5. The molecule has 0 amide bonds. The summed E-state index contributed by atoms with van der Waals surface area (Å²) in [4.78, 5) is 9.43. The largest absolute Gasteiger partial charge is 0.309 e. The number of hydrogen-bond donors (Lipinski definition) is 0. The second-order valence-electron chi connectivity index (χ2n) is 10.6. The second-order valence-corrected chi connectivity index (χ2v) is 13.3. The zero-order valence-corrected chi connectivity index (χ0v) is 23.6. The molecule has 0 N–H and O–H groups in total. The molecular weight excluding hydrogens is 531 g/mol. The summed E-state index contributed by atoms with van der Waals surface area (Å²) in [7, 11) is -3.14. The third-order valence-corrected chi connectivity index (χ3v) is 11.3. The average molecular weight is 557 g/mol. The quantitative estimate of drug-likeness (QED) is 0.124. The molecule has 42 heavy (non-hydrogen) atoms. The Bertz CT molecular complexity index is 2330. The Labute approximate surface area is 243 Å².